The van der Waals surface area contributed by atoms with E-state index in [9.17, 15) is 14.4 Å². The average Bonchev–Trinajstić information content (AvgIpc) is 3.10. The summed E-state index contributed by atoms with van der Waals surface area (Å²) in [5.41, 5.74) is 2.52. The fraction of sp³-hybridized carbons (Fsp3) is 0.400. The van der Waals surface area contributed by atoms with Gasteiger partial charge in [-0.05, 0) is 30.0 Å². The Morgan fingerprint density at radius 2 is 1.91 bits per heavy atom. The Labute approximate surface area is 198 Å². The number of benzene rings is 1. The zero-order valence-corrected chi connectivity index (χ0v) is 20.0. The molecule has 2 aromatic rings. The van der Waals surface area contributed by atoms with Gasteiger partial charge in [-0.2, -0.15) is 0 Å². The van der Waals surface area contributed by atoms with Gasteiger partial charge in [-0.1, -0.05) is 33.8 Å². The van der Waals surface area contributed by atoms with Gasteiger partial charge in [0.1, 0.15) is 22.8 Å². The van der Waals surface area contributed by atoms with E-state index in [0.717, 1.165) is 17.7 Å². The molecule has 180 valence electrons. The molecule has 1 aliphatic heterocycles. The van der Waals surface area contributed by atoms with Crippen LogP contribution in [0.25, 0.3) is 0 Å². The minimum Gasteiger partial charge on any atom is -0.481 e. The Morgan fingerprint density at radius 3 is 2.50 bits per heavy atom. The minimum atomic E-state index is -1.19. The van der Waals surface area contributed by atoms with Crippen molar-refractivity contribution in [2.24, 2.45) is 0 Å². The van der Waals surface area contributed by atoms with Crippen LogP contribution < -0.4 is 4.74 Å². The Hall–Kier alpha value is -3.75. The molecule has 3 rings (SSSR count). The third-order valence-electron chi connectivity index (χ3n) is 5.60. The number of methoxy groups -OCH3 is 1. The van der Waals surface area contributed by atoms with Crippen molar-refractivity contribution in [3.63, 3.8) is 0 Å². The molecular formula is C25H29N3O6. The van der Waals surface area contributed by atoms with E-state index in [1.54, 1.807) is 11.0 Å². The number of carboxylic acids is 1. The molecule has 9 nitrogen and oxygen atoms in total. The lowest BCUT2D eigenvalue weighted by Crippen LogP contribution is -2.31. The summed E-state index contributed by atoms with van der Waals surface area (Å²) in [6, 6.07) is 6.83. The Balaban J connectivity index is 1.97. The van der Waals surface area contributed by atoms with E-state index >= 15 is 0 Å². The number of amidine groups is 1. The van der Waals surface area contributed by atoms with Crippen LogP contribution in [0.15, 0.2) is 24.3 Å². The van der Waals surface area contributed by atoms with E-state index in [1.165, 1.54) is 13.2 Å². The molecule has 0 atom stereocenters. The quantitative estimate of drug-likeness (QED) is 0.447. The number of rotatable bonds is 8. The van der Waals surface area contributed by atoms with Gasteiger partial charge in [-0.15, -0.1) is 0 Å². The van der Waals surface area contributed by atoms with Crippen LogP contribution in [-0.4, -0.2) is 58.8 Å². The first-order valence-electron chi connectivity index (χ1n) is 10.9. The first-order valence-corrected chi connectivity index (χ1v) is 10.9. The van der Waals surface area contributed by atoms with Crippen LogP contribution >= 0.6 is 0 Å². The van der Waals surface area contributed by atoms with Crippen LogP contribution in [0.5, 0.6) is 5.75 Å². The predicted octanol–water partition coefficient (Wildman–Crippen LogP) is 3.22. The summed E-state index contributed by atoms with van der Waals surface area (Å²) in [6.07, 6.45) is 0.752. The maximum absolute atomic E-state index is 13.3. The molecule has 0 amide bonds. The lowest BCUT2D eigenvalue weighted by atomic mass is 9.83. The number of carbonyl (C=O) groups excluding carboxylic acids is 2. The second kappa shape index (κ2) is 9.62. The summed E-state index contributed by atoms with van der Waals surface area (Å²) < 4.78 is 10.3. The topological polar surface area (TPSA) is 130 Å². The highest BCUT2D eigenvalue weighted by molar-refractivity contribution is 6.06. The number of aromatic nitrogens is 1. The van der Waals surface area contributed by atoms with Gasteiger partial charge in [0.25, 0.3) is 0 Å². The normalized spacial score (nSPS) is 13.0. The third-order valence-corrected chi connectivity index (χ3v) is 5.60. The number of hydrogen-bond acceptors (Lipinski definition) is 7. The number of aryl methyl sites for hydroxylation is 1. The number of ketones is 1. The second-order valence-corrected chi connectivity index (χ2v) is 9.12. The average molecular weight is 468 g/mol. The van der Waals surface area contributed by atoms with Crippen LogP contribution in [0, 0.1) is 5.41 Å². The molecule has 1 aliphatic rings. The van der Waals surface area contributed by atoms with E-state index in [2.05, 4.69) is 4.98 Å². The van der Waals surface area contributed by atoms with Crippen molar-refractivity contribution >= 4 is 23.6 Å². The largest absolute Gasteiger partial charge is 0.481 e. The molecule has 0 unspecified atom stereocenters. The van der Waals surface area contributed by atoms with Gasteiger partial charge in [-0.3, -0.25) is 10.2 Å². The van der Waals surface area contributed by atoms with Crippen LogP contribution in [0.1, 0.15) is 70.9 Å². The number of nitrogens with zero attached hydrogens (tertiary/aromatic N) is 2. The SMILES string of the molecule is CCc1ccc2c(n1)C(=N)N(CC(=O)c1cc(C(=O)OC)c(OCC(=O)O)c(C(C)(C)C)c1)C2. The number of carbonyl (C=O) groups is 3. The summed E-state index contributed by atoms with van der Waals surface area (Å²) >= 11 is 0. The highest BCUT2D eigenvalue weighted by Gasteiger charge is 2.31. The standard InChI is InChI=1S/C25H29N3O6/c1-6-16-8-7-14-11-28(23(26)21(14)27-16)12-19(29)15-9-17(24(32)33-5)22(34-13-20(30)31)18(10-15)25(2,3)4/h7-10,26H,6,11-13H2,1-5H3,(H,30,31). The van der Waals surface area contributed by atoms with Crippen molar-refractivity contribution < 1.29 is 29.0 Å². The number of fused-ring (bicyclic) bond motifs is 1. The van der Waals surface area contributed by atoms with Crippen molar-refractivity contribution in [3.8, 4) is 5.75 Å². The highest BCUT2D eigenvalue weighted by Crippen LogP contribution is 2.36. The van der Waals surface area contributed by atoms with E-state index in [0.29, 0.717) is 17.8 Å². The van der Waals surface area contributed by atoms with Gasteiger partial charge in [0.2, 0.25) is 0 Å². The number of ether oxygens (including phenoxy) is 2. The molecule has 0 fully saturated rings. The molecule has 9 heteroatoms. The van der Waals surface area contributed by atoms with Crippen molar-refractivity contribution in [1.82, 2.24) is 9.88 Å². The number of carboxylic acid groups (broad SMARTS) is 1. The number of aliphatic carboxylic acids is 1. The van der Waals surface area contributed by atoms with Crippen LogP contribution in [0.3, 0.4) is 0 Å². The van der Waals surface area contributed by atoms with Crippen molar-refractivity contribution in [2.45, 2.75) is 46.1 Å². The van der Waals surface area contributed by atoms with Crippen LogP contribution in [0.2, 0.25) is 0 Å². The van der Waals surface area contributed by atoms with Crippen LogP contribution in [-0.2, 0) is 27.9 Å². The summed E-state index contributed by atoms with van der Waals surface area (Å²) in [4.78, 5) is 43.1. The fourth-order valence-corrected chi connectivity index (χ4v) is 3.79. The molecule has 34 heavy (non-hydrogen) atoms. The maximum atomic E-state index is 13.3. The number of pyridine rings is 1. The Morgan fingerprint density at radius 1 is 1.21 bits per heavy atom. The lowest BCUT2D eigenvalue weighted by Gasteiger charge is -2.25. The monoisotopic (exact) mass is 467 g/mol. The zero-order chi connectivity index (χ0) is 25.2. The molecule has 0 saturated heterocycles. The summed E-state index contributed by atoms with van der Waals surface area (Å²) in [6.45, 7) is 7.28. The summed E-state index contributed by atoms with van der Waals surface area (Å²) in [7, 11) is 1.20. The minimum absolute atomic E-state index is 0.0198. The van der Waals surface area contributed by atoms with E-state index in [-0.39, 0.29) is 35.0 Å². The lowest BCUT2D eigenvalue weighted by molar-refractivity contribution is -0.139. The van der Waals surface area contributed by atoms with Gasteiger partial charge < -0.3 is 19.5 Å². The number of hydrogen-bond donors (Lipinski definition) is 2. The molecule has 1 aromatic carbocycles. The van der Waals surface area contributed by atoms with Crippen molar-refractivity contribution in [1.29, 1.82) is 5.41 Å². The number of esters is 1. The van der Waals surface area contributed by atoms with Crippen molar-refractivity contribution in [3.05, 3.63) is 57.9 Å². The van der Waals surface area contributed by atoms with Crippen LogP contribution in [0.4, 0.5) is 0 Å². The fourth-order valence-electron chi connectivity index (χ4n) is 3.79. The molecular weight excluding hydrogens is 438 g/mol. The number of Topliss-reactive ketones (excluding diaryl/α,β-unsaturated/α-hetero) is 1. The van der Waals surface area contributed by atoms with E-state index in [1.807, 2.05) is 39.8 Å². The molecule has 0 spiro atoms. The van der Waals surface area contributed by atoms with E-state index < -0.39 is 24.0 Å². The van der Waals surface area contributed by atoms with Gasteiger partial charge in [0, 0.05) is 28.9 Å². The molecule has 0 radical (unpaired) electrons. The molecule has 0 bridgehead atoms. The first kappa shape index (κ1) is 24.9. The maximum Gasteiger partial charge on any atom is 0.341 e. The van der Waals surface area contributed by atoms with Gasteiger partial charge in [0.05, 0.1) is 13.7 Å². The first-order chi connectivity index (χ1) is 16.0. The zero-order valence-electron chi connectivity index (χ0n) is 20.0. The van der Waals surface area contributed by atoms with E-state index in [4.69, 9.17) is 20.0 Å². The summed E-state index contributed by atoms with van der Waals surface area (Å²) in [5, 5.41) is 17.6. The molecule has 2 heterocycles. The molecule has 0 aliphatic carbocycles. The van der Waals surface area contributed by atoms with Gasteiger partial charge in [-0.25, -0.2) is 14.6 Å². The van der Waals surface area contributed by atoms with Gasteiger partial charge >= 0.3 is 11.9 Å². The van der Waals surface area contributed by atoms with Crippen molar-refractivity contribution in [2.75, 3.05) is 20.3 Å². The molecule has 2 N–H and O–H groups in total. The highest BCUT2D eigenvalue weighted by atomic mass is 16.5. The predicted molar refractivity (Wildman–Crippen MR) is 125 cm³/mol. The summed E-state index contributed by atoms with van der Waals surface area (Å²) in [5.74, 6) is -1.96. The third kappa shape index (κ3) is 5.08. The number of nitrogens with one attached hydrogen (secondary N) is 1. The second-order valence-electron chi connectivity index (χ2n) is 9.12. The Bertz CT molecular complexity index is 1170. The Kier molecular flexibility index (Phi) is 7.04. The molecule has 1 aromatic heterocycles. The smallest absolute Gasteiger partial charge is 0.341 e. The van der Waals surface area contributed by atoms with Gasteiger partial charge in [0.15, 0.2) is 12.4 Å². The molecule has 0 saturated carbocycles.